The van der Waals surface area contributed by atoms with Crippen LogP contribution in [0.3, 0.4) is 0 Å². The summed E-state index contributed by atoms with van der Waals surface area (Å²) in [6.45, 7) is 7.85. The molecule has 4 rings (SSSR count). The number of benzene rings is 2. The maximum Gasteiger partial charge on any atom is 0.227 e. The molecule has 2 aromatic carbocycles. The Hall–Kier alpha value is -2.92. The van der Waals surface area contributed by atoms with Crippen molar-refractivity contribution in [3.8, 4) is 0 Å². The molecule has 1 saturated heterocycles. The fraction of sp³-hybridized carbons (Fsp3) is 0.304. The maximum atomic E-state index is 4.73. The molecule has 1 aromatic heterocycles. The molecule has 0 spiro atoms. The molecule has 28 heavy (non-hydrogen) atoms. The zero-order valence-corrected chi connectivity index (χ0v) is 16.4. The highest BCUT2D eigenvalue weighted by atomic mass is 15.3. The van der Waals surface area contributed by atoms with Crippen LogP contribution < -0.4 is 10.2 Å². The van der Waals surface area contributed by atoms with Crippen LogP contribution in [0.15, 0.2) is 66.9 Å². The van der Waals surface area contributed by atoms with Crippen molar-refractivity contribution in [2.24, 2.45) is 0 Å². The number of nitrogens with one attached hydrogen (secondary N) is 1. The smallest absolute Gasteiger partial charge is 0.227 e. The molecular formula is C23H27N5. The van der Waals surface area contributed by atoms with Crippen molar-refractivity contribution < 1.29 is 0 Å². The Morgan fingerprint density at radius 1 is 0.893 bits per heavy atom. The topological polar surface area (TPSA) is 44.3 Å². The number of piperazine rings is 1. The van der Waals surface area contributed by atoms with Crippen LogP contribution in [0, 0.1) is 6.92 Å². The average molecular weight is 374 g/mol. The number of hydrogen-bond donors (Lipinski definition) is 1. The summed E-state index contributed by atoms with van der Waals surface area (Å²) in [7, 11) is 0. The summed E-state index contributed by atoms with van der Waals surface area (Å²) in [5, 5.41) is 3.42. The summed E-state index contributed by atoms with van der Waals surface area (Å²) >= 11 is 0. The van der Waals surface area contributed by atoms with Crippen LogP contribution in [0.4, 0.5) is 11.8 Å². The first kappa shape index (κ1) is 18.4. The van der Waals surface area contributed by atoms with E-state index in [1.54, 1.807) is 0 Å². The summed E-state index contributed by atoms with van der Waals surface area (Å²) in [5.41, 5.74) is 3.90. The largest absolute Gasteiger partial charge is 0.366 e. The highest BCUT2D eigenvalue weighted by Crippen LogP contribution is 2.16. The van der Waals surface area contributed by atoms with Crippen LogP contribution in [0.1, 0.15) is 16.7 Å². The van der Waals surface area contributed by atoms with Gasteiger partial charge in [-0.25, -0.2) is 4.98 Å². The van der Waals surface area contributed by atoms with Crippen molar-refractivity contribution in [1.29, 1.82) is 0 Å². The second kappa shape index (κ2) is 8.85. The first-order valence-corrected chi connectivity index (χ1v) is 9.90. The monoisotopic (exact) mass is 373 g/mol. The summed E-state index contributed by atoms with van der Waals surface area (Å²) in [5.74, 6) is 1.69. The highest BCUT2D eigenvalue weighted by Gasteiger charge is 2.19. The first-order valence-electron chi connectivity index (χ1n) is 9.90. The lowest BCUT2D eigenvalue weighted by Crippen LogP contribution is -2.46. The normalized spacial score (nSPS) is 14.8. The van der Waals surface area contributed by atoms with E-state index in [4.69, 9.17) is 4.98 Å². The van der Waals surface area contributed by atoms with Crippen LogP contribution in [0.25, 0.3) is 0 Å². The van der Waals surface area contributed by atoms with E-state index < -0.39 is 0 Å². The number of aryl methyl sites for hydroxylation is 1. The Labute approximate surface area is 167 Å². The van der Waals surface area contributed by atoms with E-state index >= 15 is 0 Å². The zero-order valence-electron chi connectivity index (χ0n) is 16.4. The van der Waals surface area contributed by atoms with E-state index in [0.29, 0.717) is 0 Å². The van der Waals surface area contributed by atoms with Gasteiger partial charge in [-0.15, -0.1) is 0 Å². The quantitative estimate of drug-likeness (QED) is 0.713. The van der Waals surface area contributed by atoms with Crippen LogP contribution in [0.2, 0.25) is 0 Å². The summed E-state index contributed by atoms with van der Waals surface area (Å²) < 4.78 is 0. The summed E-state index contributed by atoms with van der Waals surface area (Å²) in [6.07, 6.45) is 1.84. The van der Waals surface area contributed by atoms with Crippen molar-refractivity contribution in [2.45, 2.75) is 20.0 Å². The number of anilines is 2. The molecule has 2 heterocycles. The second-order valence-corrected chi connectivity index (χ2v) is 7.33. The molecule has 144 valence electrons. The summed E-state index contributed by atoms with van der Waals surface area (Å²) in [6, 6.07) is 21.1. The third kappa shape index (κ3) is 4.87. The van der Waals surface area contributed by atoms with Gasteiger partial charge in [0, 0.05) is 45.5 Å². The van der Waals surface area contributed by atoms with E-state index in [-0.39, 0.29) is 0 Å². The molecule has 5 heteroatoms. The van der Waals surface area contributed by atoms with Gasteiger partial charge in [-0.3, -0.25) is 4.90 Å². The Kier molecular flexibility index (Phi) is 5.83. The Morgan fingerprint density at radius 3 is 2.46 bits per heavy atom. The van der Waals surface area contributed by atoms with Gasteiger partial charge in [0.25, 0.3) is 0 Å². The van der Waals surface area contributed by atoms with Crippen molar-refractivity contribution in [3.05, 3.63) is 83.6 Å². The number of hydrogen-bond acceptors (Lipinski definition) is 5. The molecule has 1 aliphatic heterocycles. The van der Waals surface area contributed by atoms with Crippen LogP contribution >= 0.6 is 0 Å². The molecule has 1 fully saturated rings. The molecule has 0 amide bonds. The lowest BCUT2D eigenvalue weighted by atomic mass is 10.1. The predicted octanol–water partition coefficient (Wildman–Crippen LogP) is 3.72. The maximum absolute atomic E-state index is 4.73. The molecule has 0 aliphatic carbocycles. The Bertz CT molecular complexity index is 888. The van der Waals surface area contributed by atoms with Crippen LogP contribution in [-0.2, 0) is 13.1 Å². The lowest BCUT2D eigenvalue weighted by molar-refractivity contribution is 0.248. The van der Waals surface area contributed by atoms with Gasteiger partial charge in [0.1, 0.15) is 5.82 Å². The van der Waals surface area contributed by atoms with E-state index in [1.165, 1.54) is 16.7 Å². The third-order valence-electron chi connectivity index (χ3n) is 5.10. The molecule has 0 saturated carbocycles. The third-order valence-corrected chi connectivity index (χ3v) is 5.10. The lowest BCUT2D eigenvalue weighted by Gasteiger charge is -2.34. The van der Waals surface area contributed by atoms with Gasteiger partial charge in [-0.05, 0) is 24.1 Å². The van der Waals surface area contributed by atoms with Crippen molar-refractivity contribution in [3.63, 3.8) is 0 Å². The standard InChI is InChI=1S/C23H27N5/c1-19-6-5-9-21(16-19)17-25-22-10-11-24-23(26-22)28-14-12-27(13-15-28)18-20-7-3-2-4-8-20/h2-11,16H,12-15,17-18H2,1H3,(H,24,25,26). The van der Waals surface area contributed by atoms with Gasteiger partial charge in [0.2, 0.25) is 5.95 Å². The SMILES string of the molecule is Cc1cccc(CNc2ccnc(N3CCN(Cc4ccccc4)CC3)n2)c1. The van der Waals surface area contributed by atoms with Crippen LogP contribution in [-0.4, -0.2) is 41.0 Å². The van der Waals surface area contributed by atoms with Crippen molar-refractivity contribution in [2.75, 3.05) is 36.4 Å². The second-order valence-electron chi connectivity index (χ2n) is 7.33. The number of nitrogens with zero attached hydrogens (tertiary/aromatic N) is 4. The molecule has 0 unspecified atom stereocenters. The molecule has 0 atom stereocenters. The minimum atomic E-state index is 0.767. The molecule has 1 aliphatic rings. The number of aromatic nitrogens is 2. The molecule has 1 N–H and O–H groups in total. The average Bonchev–Trinajstić information content (AvgIpc) is 2.74. The zero-order chi connectivity index (χ0) is 19.2. The van der Waals surface area contributed by atoms with Crippen molar-refractivity contribution >= 4 is 11.8 Å². The Balaban J connectivity index is 1.32. The predicted molar refractivity (Wildman–Crippen MR) is 114 cm³/mol. The molecule has 5 nitrogen and oxygen atoms in total. The summed E-state index contributed by atoms with van der Waals surface area (Å²) in [4.78, 5) is 14.0. The van der Waals surface area contributed by atoms with Gasteiger partial charge in [-0.2, -0.15) is 4.98 Å². The van der Waals surface area contributed by atoms with Gasteiger partial charge in [0.15, 0.2) is 0 Å². The van der Waals surface area contributed by atoms with Gasteiger partial charge < -0.3 is 10.2 Å². The Morgan fingerprint density at radius 2 is 1.68 bits per heavy atom. The van der Waals surface area contributed by atoms with Crippen molar-refractivity contribution in [1.82, 2.24) is 14.9 Å². The van der Waals surface area contributed by atoms with E-state index in [9.17, 15) is 0 Å². The minimum Gasteiger partial charge on any atom is -0.366 e. The van der Waals surface area contributed by atoms with E-state index in [0.717, 1.165) is 51.0 Å². The van der Waals surface area contributed by atoms with E-state index in [2.05, 4.69) is 81.6 Å². The fourth-order valence-electron chi connectivity index (χ4n) is 3.56. The number of rotatable bonds is 6. The van der Waals surface area contributed by atoms with Gasteiger partial charge in [0.05, 0.1) is 0 Å². The molecule has 3 aromatic rings. The fourth-order valence-corrected chi connectivity index (χ4v) is 3.56. The highest BCUT2D eigenvalue weighted by molar-refractivity contribution is 5.42. The molecule has 0 bridgehead atoms. The first-order chi connectivity index (χ1) is 13.8. The molecule has 0 radical (unpaired) electrons. The molecular weight excluding hydrogens is 346 g/mol. The van der Waals surface area contributed by atoms with Gasteiger partial charge in [-0.1, -0.05) is 60.2 Å². The van der Waals surface area contributed by atoms with E-state index in [1.807, 2.05) is 12.3 Å². The van der Waals surface area contributed by atoms with Gasteiger partial charge >= 0.3 is 0 Å². The minimum absolute atomic E-state index is 0.767. The van der Waals surface area contributed by atoms with Crippen LogP contribution in [0.5, 0.6) is 0 Å².